The van der Waals surface area contributed by atoms with Crippen LogP contribution in [0.2, 0.25) is 0 Å². The van der Waals surface area contributed by atoms with Crippen molar-refractivity contribution in [1.29, 1.82) is 0 Å². The topological polar surface area (TPSA) is 37.3 Å². The molecule has 1 saturated heterocycles. The fraction of sp³-hybridized carbons (Fsp3) is 0.500. The van der Waals surface area contributed by atoms with Crippen LogP contribution in [0.4, 0.5) is 0 Å². The van der Waals surface area contributed by atoms with Crippen LogP contribution in [0.25, 0.3) is 0 Å². The highest BCUT2D eigenvalue weighted by atomic mass is 32.2. The van der Waals surface area contributed by atoms with Gasteiger partial charge in [-0.15, -0.1) is 0 Å². The summed E-state index contributed by atoms with van der Waals surface area (Å²) < 4.78 is 0. The van der Waals surface area contributed by atoms with Gasteiger partial charge in [-0.05, 0) is 25.0 Å². The van der Waals surface area contributed by atoms with E-state index in [1.165, 1.54) is 5.56 Å². The molecule has 4 heteroatoms. The van der Waals surface area contributed by atoms with Gasteiger partial charge in [0.25, 0.3) is 0 Å². The Morgan fingerprint density at radius 2 is 2.50 bits per heavy atom. The SMILES string of the molecule is CCC1CSC(=NCc2ncccc2C)N1. The van der Waals surface area contributed by atoms with Crippen molar-refractivity contribution in [2.75, 3.05) is 5.75 Å². The predicted molar refractivity (Wildman–Crippen MR) is 69.8 cm³/mol. The maximum atomic E-state index is 4.56. The van der Waals surface area contributed by atoms with E-state index in [-0.39, 0.29) is 0 Å². The molecule has 0 saturated carbocycles. The molecule has 0 radical (unpaired) electrons. The van der Waals surface area contributed by atoms with Gasteiger partial charge in [0.1, 0.15) is 0 Å². The minimum absolute atomic E-state index is 0.591. The summed E-state index contributed by atoms with van der Waals surface area (Å²) in [6, 6.07) is 4.63. The molecule has 1 unspecified atom stereocenters. The van der Waals surface area contributed by atoms with Gasteiger partial charge in [-0.25, -0.2) is 0 Å². The van der Waals surface area contributed by atoms with Gasteiger partial charge in [-0.3, -0.25) is 9.98 Å². The van der Waals surface area contributed by atoms with Crippen molar-refractivity contribution in [3.05, 3.63) is 29.6 Å². The molecule has 0 aromatic carbocycles. The molecular formula is C12H17N3S. The van der Waals surface area contributed by atoms with E-state index < -0.39 is 0 Å². The largest absolute Gasteiger partial charge is 0.361 e. The minimum Gasteiger partial charge on any atom is -0.361 e. The van der Waals surface area contributed by atoms with Gasteiger partial charge < -0.3 is 5.32 Å². The molecule has 1 aromatic rings. The molecule has 1 aliphatic rings. The molecule has 1 aliphatic heterocycles. The molecule has 1 N–H and O–H groups in total. The highest BCUT2D eigenvalue weighted by molar-refractivity contribution is 8.14. The van der Waals surface area contributed by atoms with Crippen LogP contribution >= 0.6 is 11.8 Å². The average molecular weight is 235 g/mol. The first-order valence-electron chi connectivity index (χ1n) is 5.64. The van der Waals surface area contributed by atoms with Crippen molar-refractivity contribution < 1.29 is 0 Å². The lowest BCUT2D eigenvalue weighted by molar-refractivity contribution is 0.666. The Balaban J connectivity index is 1.97. The second-order valence-electron chi connectivity index (χ2n) is 3.95. The zero-order chi connectivity index (χ0) is 11.4. The number of aliphatic imine (C=N–C) groups is 1. The second kappa shape index (κ2) is 5.34. The standard InChI is InChI=1S/C12H17N3S/c1-3-10-8-16-12(15-10)14-7-11-9(2)5-4-6-13-11/h4-6,10H,3,7-8H2,1-2H3,(H,14,15). The summed E-state index contributed by atoms with van der Waals surface area (Å²) in [6.07, 6.45) is 2.99. The Morgan fingerprint density at radius 3 is 3.19 bits per heavy atom. The lowest BCUT2D eigenvalue weighted by atomic mass is 10.2. The summed E-state index contributed by atoms with van der Waals surface area (Å²) in [5.41, 5.74) is 2.28. The van der Waals surface area contributed by atoms with E-state index in [4.69, 9.17) is 0 Å². The number of hydrogen-bond acceptors (Lipinski definition) is 3. The van der Waals surface area contributed by atoms with Gasteiger partial charge in [0, 0.05) is 18.0 Å². The van der Waals surface area contributed by atoms with E-state index in [1.54, 1.807) is 0 Å². The third kappa shape index (κ3) is 2.76. The van der Waals surface area contributed by atoms with Gasteiger partial charge in [0.15, 0.2) is 5.17 Å². The number of rotatable bonds is 3. The van der Waals surface area contributed by atoms with Crippen LogP contribution in [0, 0.1) is 6.92 Å². The van der Waals surface area contributed by atoms with Crippen LogP contribution in [-0.2, 0) is 6.54 Å². The molecule has 1 aromatic heterocycles. The molecule has 16 heavy (non-hydrogen) atoms. The van der Waals surface area contributed by atoms with E-state index in [1.807, 2.05) is 24.0 Å². The number of thioether (sulfide) groups is 1. The summed E-state index contributed by atoms with van der Waals surface area (Å²) >= 11 is 1.81. The Morgan fingerprint density at radius 1 is 1.62 bits per heavy atom. The molecule has 1 fully saturated rings. The Labute approximate surface area is 101 Å². The molecule has 2 rings (SSSR count). The smallest absolute Gasteiger partial charge is 0.157 e. The maximum Gasteiger partial charge on any atom is 0.157 e. The highest BCUT2D eigenvalue weighted by Crippen LogP contribution is 2.16. The zero-order valence-corrected chi connectivity index (χ0v) is 10.5. The predicted octanol–water partition coefficient (Wildman–Crippen LogP) is 2.36. The van der Waals surface area contributed by atoms with Gasteiger partial charge in [-0.2, -0.15) is 0 Å². The third-order valence-electron chi connectivity index (χ3n) is 2.73. The summed E-state index contributed by atoms with van der Waals surface area (Å²) in [5, 5.41) is 4.48. The van der Waals surface area contributed by atoms with Gasteiger partial charge in [0.2, 0.25) is 0 Å². The quantitative estimate of drug-likeness (QED) is 0.874. The monoisotopic (exact) mass is 235 g/mol. The summed E-state index contributed by atoms with van der Waals surface area (Å²) in [4.78, 5) is 8.89. The van der Waals surface area contributed by atoms with Crippen molar-refractivity contribution in [2.24, 2.45) is 4.99 Å². The van der Waals surface area contributed by atoms with Crippen LogP contribution in [0.1, 0.15) is 24.6 Å². The lowest BCUT2D eigenvalue weighted by Gasteiger charge is -2.05. The second-order valence-corrected chi connectivity index (χ2v) is 4.96. The summed E-state index contributed by atoms with van der Waals surface area (Å²) in [6.45, 7) is 4.95. The summed E-state index contributed by atoms with van der Waals surface area (Å²) in [7, 11) is 0. The number of aryl methyl sites for hydroxylation is 1. The van der Waals surface area contributed by atoms with Crippen LogP contribution in [0.3, 0.4) is 0 Å². The highest BCUT2D eigenvalue weighted by Gasteiger charge is 2.17. The van der Waals surface area contributed by atoms with Crippen molar-refractivity contribution in [2.45, 2.75) is 32.9 Å². The van der Waals surface area contributed by atoms with Crippen molar-refractivity contribution in [1.82, 2.24) is 10.3 Å². The molecule has 0 bridgehead atoms. The lowest BCUT2D eigenvalue weighted by Crippen LogP contribution is -2.25. The van der Waals surface area contributed by atoms with Crippen molar-refractivity contribution >= 4 is 16.9 Å². The molecular weight excluding hydrogens is 218 g/mol. The molecule has 0 spiro atoms. The molecule has 0 amide bonds. The van der Waals surface area contributed by atoms with Gasteiger partial charge in [-0.1, -0.05) is 24.8 Å². The first-order chi connectivity index (χ1) is 7.79. The van der Waals surface area contributed by atoms with E-state index in [0.717, 1.165) is 23.0 Å². The van der Waals surface area contributed by atoms with E-state index >= 15 is 0 Å². The molecule has 3 nitrogen and oxygen atoms in total. The van der Waals surface area contributed by atoms with Gasteiger partial charge >= 0.3 is 0 Å². The average Bonchev–Trinajstić information content (AvgIpc) is 2.76. The molecule has 2 heterocycles. The number of nitrogens with zero attached hydrogens (tertiary/aromatic N) is 2. The number of nitrogens with one attached hydrogen (secondary N) is 1. The number of pyridine rings is 1. The third-order valence-corrected chi connectivity index (χ3v) is 3.82. The molecule has 1 atom stereocenters. The fourth-order valence-electron chi connectivity index (χ4n) is 1.58. The molecule has 0 aliphatic carbocycles. The molecule has 86 valence electrons. The zero-order valence-electron chi connectivity index (χ0n) is 9.73. The first kappa shape index (κ1) is 11.5. The van der Waals surface area contributed by atoms with Crippen LogP contribution in [-0.4, -0.2) is 21.9 Å². The van der Waals surface area contributed by atoms with Crippen LogP contribution in [0.15, 0.2) is 23.3 Å². The maximum absolute atomic E-state index is 4.56. The first-order valence-corrected chi connectivity index (χ1v) is 6.62. The normalized spacial score (nSPS) is 22.4. The van der Waals surface area contributed by atoms with Crippen molar-refractivity contribution in [3.63, 3.8) is 0 Å². The van der Waals surface area contributed by atoms with E-state index in [2.05, 4.69) is 35.2 Å². The van der Waals surface area contributed by atoms with Gasteiger partial charge in [0.05, 0.1) is 12.2 Å². The van der Waals surface area contributed by atoms with Crippen molar-refractivity contribution in [3.8, 4) is 0 Å². The minimum atomic E-state index is 0.591. The number of aromatic nitrogens is 1. The number of hydrogen-bond donors (Lipinski definition) is 1. The summed E-state index contributed by atoms with van der Waals surface area (Å²) in [5.74, 6) is 1.14. The van der Waals surface area contributed by atoms with E-state index in [9.17, 15) is 0 Å². The number of amidine groups is 1. The Bertz CT molecular complexity index is 390. The Kier molecular flexibility index (Phi) is 3.83. The van der Waals surface area contributed by atoms with Crippen LogP contribution < -0.4 is 5.32 Å². The van der Waals surface area contributed by atoms with E-state index in [0.29, 0.717) is 12.6 Å². The van der Waals surface area contributed by atoms with Crippen LogP contribution in [0.5, 0.6) is 0 Å². The fourth-order valence-corrected chi connectivity index (χ4v) is 2.66. The Hall–Kier alpha value is -1.03.